The van der Waals surface area contributed by atoms with Gasteiger partial charge in [0.2, 0.25) is 5.16 Å². The van der Waals surface area contributed by atoms with E-state index in [0.29, 0.717) is 34.1 Å². The molecule has 3 aromatic rings. The quantitative estimate of drug-likeness (QED) is 0.665. The number of hydrogen-bond donors (Lipinski definition) is 0. The lowest BCUT2D eigenvalue weighted by atomic mass is 10.2. The van der Waals surface area contributed by atoms with Crippen LogP contribution in [0.1, 0.15) is 16.2 Å². The predicted octanol–water partition coefficient (Wildman–Crippen LogP) is 3.53. The topological polar surface area (TPSA) is 60.3 Å². The molecule has 0 saturated heterocycles. The largest absolute Gasteiger partial charge is 0.485 e. The maximum absolute atomic E-state index is 13.5. The predicted molar refractivity (Wildman–Crippen MR) is 100 cm³/mol. The first-order valence-electron chi connectivity index (χ1n) is 8.15. The van der Waals surface area contributed by atoms with E-state index in [-0.39, 0.29) is 18.1 Å². The van der Waals surface area contributed by atoms with Crippen LogP contribution in [0.5, 0.6) is 5.75 Å². The third-order valence-corrected chi connectivity index (χ3v) is 5.06. The van der Waals surface area contributed by atoms with Crippen LogP contribution in [0.25, 0.3) is 0 Å². The SMILES string of the molecule is O=C(c1cccc(F)c1)N1CCSc2nnc(COc3cccc(Cl)c3)n21. The highest BCUT2D eigenvalue weighted by Crippen LogP contribution is 2.25. The molecule has 0 unspecified atom stereocenters. The Kier molecular flexibility index (Phi) is 5.00. The second-order valence-electron chi connectivity index (χ2n) is 5.74. The number of aromatic nitrogens is 3. The van der Waals surface area contributed by atoms with E-state index in [1.165, 1.54) is 35.0 Å². The average molecular weight is 405 g/mol. The summed E-state index contributed by atoms with van der Waals surface area (Å²) in [7, 11) is 0. The summed E-state index contributed by atoms with van der Waals surface area (Å²) in [4.78, 5) is 12.9. The van der Waals surface area contributed by atoms with Crippen molar-refractivity contribution in [3.63, 3.8) is 0 Å². The van der Waals surface area contributed by atoms with Gasteiger partial charge in [-0.3, -0.25) is 4.79 Å². The van der Waals surface area contributed by atoms with Crippen LogP contribution >= 0.6 is 23.4 Å². The fourth-order valence-electron chi connectivity index (χ4n) is 2.71. The van der Waals surface area contributed by atoms with Crippen LogP contribution in [0.15, 0.2) is 53.7 Å². The average Bonchev–Trinajstić information content (AvgIpc) is 3.09. The second kappa shape index (κ2) is 7.58. The molecule has 4 rings (SSSR count). The standard InChI is InChI=1S/C18H14ClFN4O2S/c19-13-4-2-6-15(10-13)26-11-16-21-22-18-24(16)23(7-8-27-18)17(25)12-3-1-5-14(20)9-12/h1-6,9-10H,7-8,11H2. The third kappa shape index (κ3) is 3.77. The molecule has 9 heteroatoms. The number of halogens is 2. The number of benzene rings is 2. The highest BCUT2D eigenvalue weighted by Gasteiger charge is 2.28. The van der Waals surface area contributed by atoms with Gasteiger partial charge in [0, 0.05) is 16.3 Å². The normalized spacial score (nSPS) is 13.3. The van der Waals surface area contributed by atoms with Crippen molar-refractivity contribution in [1.29, 1.82) is 0 Å². The van der Waals surface area contributed by atoms with Crippen LogP contribution in [-0.2, 0) is 6.61 Å². The molecule has 0 spiro atoms. The second-order valence-corrected chi connectivity index (χ2v) is 7.24. The molecule has 0 bridgehead atoms. The summed E-state index contributed by atoms with van der Waals surface area (Å²) in [6.07, 6.45) is 0. The van der Waals surface area contributed by atoms with Gasteiger partial charge in [0.1, 0.15) is 18.2 Å². The Bertz CT molecular complexity index is 997. The van der Waals surface area contributed by atoms with Crippen molar-refractivity contribution >= 4 is 29.3 Å². The van der Waals surface area contributed by atoms with Crippen molar-refractivity contribution in [2.45, 2.75) is 11.8 Å². The van der Waals surface area contributed by atoms with Gasteiger partial charge < -0.3 is 4.74 Å². The first kappa shape index (κ1) is 17.8. The van der Waals surface area contributed by atoms with Crippen molar-refractivity contribution in [2.24, 2.45) is 0 Å². The molecule has 1 aromatic heterocycles. The maximum atomic E-state index is 13.5. The number of ether oxygens (including phenoxy) is 1. The van der Waals surface area contributed by atoms with Gasteiger partial charge in [-0.15, -0.1) is 10.2 Å². The molecule has 1 aliphatic heterocycles. The Morgan fingerprint density at radius 2 is 2.07 bits per heavy atom. The summed E-state index contributed by atoms with van der Waals surface area (Å²) < 4.78 is 20.9. The summed E-state index contributed by atoms with van der Waals surface area (Å²) >= 11 is 7.46. The lowest BCUT2D eigenvalue weighted by Crippen LogP contribution is -2.45. The Labute approximate surface area is 163 Å². The molecule has 138 valence electrons. The highest BCUT2D eigenvalue weighted by atomic mass is 35.5. The van der Waals surface area contributed by atoms with E-state index in [9.17, 15) is 9.18 Å². The van der Waals surface area contributed by atoms with Crippen molar-refractivity contribution in [2.75, 3.05) is 17.3 Å². The number of fused-ring (bicyclic) bond motifs is 1. The Morgan fingerprint density at radius 3 is 2.89 bits per heavy atom. The van der Waals surface area contributed by atoms with Crippen LogP contribution in [-0.4, -0.2) is 33.1 Å². The Morgan fingerprint density at radius 1 is 1.22 bits per heavy atom. The summed E-state index contributed by atoms with van der Waals surface area (Å²) in [5.74, 6) is 0.961. The molecule has 0 N–H and O–H groups in total. The monoisotopic (exact) mass is 404 g/mol. The molecule has 1 aliphatic rings. The van der Waals surface area contributed by atoms with Crippen LogP contribution in [0.2, 0.25) is 5.02 Å². The van der Waals surface area contributed by atoms with Gasteiger partial charge in [0.05, 0.1) is 6.54 Å². The fraction of sp³-hybridized carbons (Fsp3) is 0.167. The molecular weight excluding hydrogens is 391 g/mol. The lowest BCUT2D eigenvalue weighted by Gasteiger charge is -2.29. The maximum Gasteiger partial charge on any atom is 0.272 e. The smallest absolute Gasteiger partial charge is 0.272 e. The van der Waals surface area contributed by atoms with Gasteiger partial charge in [-0.2, -0.15) is 0 Å². The molecule has 0 radical (unpaired) electrons. The van der Waals surface area contributed by atoms with Crippen LogP contribution in [0.4, 0.5) is 4.39 Å². The third-order valence-electron chi connectivity index (χ3n) is 3.92. The molecule has 2 heterocycles. The lowest BCUT2D eigenvalue weighted by molar-refractivity contribution is 0.0952. The highest BCUT2D eigenvalue weighted by molar-refractivity contribution is 7.99. The van der Waals surface area contributed by atoms with E-state index in [2.05, 4.69) is 10.2 Å². The van der Waals surface area contributed by atoms with Crippen molar-refractivity contribution < 1.29 is 13.9 Å². The fourth-order valence-corrected chi connectivity index (χ4v) is 3.76. The molecule has 1 amide bonds. The number of thioether (sulfide) groups is 1. The Balaban J connectivity index is 1.60. The number of carbonyl (C=O) groups excluding carboxylic acids is 1. The molecule has 2 aromatic carbocycles. The first-order chi connectivity index (χ1) is 13.1. The zero-order valence-electron chi connectivity index (χ0n) is 14.0. The summed E-state index contributed by atoms with van der Waals surface area (Å²) in [5, 5.41) is 10.9. The van der Waals surface area contributed by atoms with Gasteiger partial charge in [-0.05, 0) is 36.4 Å². The van der Waals surface area contributed by atoms with E-state index in [4.69, 9.17) is 16.3 Å². The molecule has 27 heavy (non-hydrogen) atoms. The minimum atomic E-state index is -0.458. The van der Waals surface area contributed by atoms with Gasteiger partial charge in [0.15, 0.2) is 5.82 Å². The zero-order chi connectivity index (χ0) is 18.8. The number of nitrogens with zero attached hydrogens (tertiary/aromatic N) is 4. The summed E-state index contributed by atoms with van der Waals surface area (Å²) in [5.41, 5.74) is 0.267. The van der Waals surface area contributed by atoms with Gasteiger partial charge in [-0.1, -0.05) is 35.5 Å². The van der Waals surface area contributed by atoms with Crippen LogP contribution < -0.4 is 9.75 Å². The van der Waals surface area contributed by atoms with E-state index >= 15 is 0 Å². The minimum Gasteiger partial charge on any atom is -0.485 e. The van der Waals surface area contributed by atoms with E-state index in [0.717, 1.165) is 0 Å². The summed E-state index contributed by atoms with van der Waals surface area (Å²) in [6, 6.07) is 12.6. The van der Waals surface area contributed by atoms with Crippen LogP contribution in [0, 0.1) is 5.82 Å². The molecule has 0 aliphatic carbocycles. The van der Waals surface area contributed by atoms with Gasteiger partial charge in [0.25, 0.3) is 5.91 Å². The molecule has 0 saturated carbocycles. The first-order valence-corrected chi connectivity index (χ1v) is 9.51. The van der Waals surface area contributed by atoms with Crippen molar-refractivity contribution in [1.82, 2.24) is 14.9 Å². The van der Waals surface area contributed by atoms with Crippen LogP contribution in [0.3, 0.4) is 0 Å². The number of hydrogen-bond acceptors (Lipinski definition) is 5. The summed E-state index contributed by atoms with van der Waals surface area (Å²) in [6.45, 7) is 0.566. The van der Waals surface area contributed by atoms with E-state index in [1.807, 2.05) is 0 Å². The van der Waals surface area contributed by atoms with Gasteiger partial charge in [-0.25, -0.2) is 14.1 Å². The van der Waals surface area contributed by atoms with Crippen molar-refractivity contribution in [3.05, 3.63) is 70.8 Å². The Hall–Kier alpha value is -2.58. The zero-order valence-corrected chi connectivity index (χ0v) is 15.6. The number of amides is 1. The van der Waals surface area contributed by atoms with Crippen molar-refractivity contribution in [3.8, 4) is 5.75 Å². The van der Waals surface area contributed by atoms with E-state index in [1.54, 1.807) is 35.0 Å². The van der Waals surface area contributed by atoms with E-state index < -0.39 is 5.82 Å². The van der Waals surface area contributed by atoms with Gasteiger partial charge >= 0.3 is 0 Å². The molecule has 0 atom stereocenters. The number of rotatable bonds is 4. The molecule has 6 nitrogen and oxygen atoms in total. The minimum absolute atomic E-state index is 0.112. The number of carbonyl (C=O) groups is 1. The molecular formula is C18H14ClFN4O2S. The molecule has 0 fully saturated rings.